The van der Waals surface area contributed by atoms with E-state index in [2.05, 4.69) is 0 Å². The molecule has 0 unspecified atom stereocenters. The minimum absolute atomic E-state index is 0. The molecule has 0 fully saturated rings. The van der Waals surface area contributed by atoms with Crippen molar-refractivity contribution in [1.82, 2.24) is 0 Å². The van der Waals surface area contributed by atoms with Crippen molar-refractivity contribution in [2.45, 2.75) is 45.4 Å². The monoisotopic (exact) mass is 329 g/mol. The molecule has 0 saturated heterocycles. The minimum Gasteiger partial charge on any atom is -0.481 e. The van der Waals surface area contributed by atoms with Gasteiger partial charge in [0.1, 0.15) is 0 Å². The van der Waals surface area contributed by atoms with Gasteiger partial charge in [0, 0.05) is 12.5 Å². The number of halogens is 1. The molecular formula is C15H20ClNO5. The average Bonchev–Trinajstić information content (AvgIpc) is 2.41. The van der Waals surface area contributed by atoms with Crippen molar-refractivity contribution >= 4 is 30.3 Å². The molecule has 0 radical (unpaired) electrons. The molecule has 0 aliphatic carbocycles. The first-order chi connectivity index (χ1) is 9.95. The molecule has 1 N–H and O–H groups in total. The summed E-state index contributed by atoms with van der Waals surface area (Å²) in [6.45, 7) is 1.69. The van der Waals surface area contributed by atoms with Crippen LogP contribution < -0.4 is 0 Å². The number of unbranched alkanes of at least 4 members (excludes halogenated alkanes) is 3. The Labute approximate surface area is 135 Å². The number of aryl methyl sites for hydroxylation is 2. The van der Waals surface area contributed by atoms with Crippen molar-refractivity contribution < 1.29 is 19.6 Å². The van der Waals surface area contributed by atoms with E-state index >= 15 is 0 Å². The number of nitro groups is 1. The lowest BCUT2D eigenvalue weighted by Gasteiger charge is -2.06. The second-order valence-electron chi connectivity index (χ2n) is 5.03. The molecule has 22 heavy (non-hydrogen) atoms. The van der Waals surface area contributed by atoms with E-state index in [1.807, 2.05) is 0 Å². The number of benzene rings is 1. The van der Waals surface area contributed by atoms with Gasteiger partial charge in [0.05, 0.1) is 10.5 Å². The topological polar surface area (TPSA) is 97.5 Å². The van der Waals surface area contributed by atoms with Gasteiger partial charge in [-0.3, -0.25) is 19.7 Å². The largest absolute Gasteiger partial charge is 0.481 e. The highest BCUT2D eigenvalue weighted by molar-refractivity contribution is 5.85. The van der Waals surface area contributed by atoms with Gasteiger partial charge in [0.25, 0.3) is 5.69 Å². The molecule has 6 nitrogen and oxygen atoms in total. The lowest BCUT2D eigenvalue weighted by atomic mass is 9.99. The zero-order valence-corrected chi connectivity index (χ0v) is 13.2. The number of nitro benzene ring substituents is 1. The van der Waals surface area contributed by atoms with E-state index in [-0.39, 0.29) is 30.1 Å². The summed E-state index contributed by atoms with van der Waals surface area (Å²) in [7, 11) is 0. The van der Waals surface area contributed by atoms with Gasteiger partial charge in [-0.15, -0.1) is 12.4 Å². The second-order valence-corrected chi connectivity index (χ2v) is 5.03. The van der Waals surface area contributed by atoms with E-state index in [0.717, 1.165) is 24.8 Å². The van der Waals surface area contributed by atoms with E-state index in [0.29, 0.717) is 24.7 Å². The van der Waals surface area contributed by atoms with Gasteiger partial charge in [0.2, 0.25) is 0 Å². The number of aliphatic carboxylic acids is 1. The van der Waals surface area contributed by atoms with Crippen molar-refractivity contribution in [2.24, 2.45) is 0 Å². The zero-order chi connectivity index (χ0) is 15.8. The van der Waals surface area contributed by atoms with Crippen LogP contribution in [-0.4, -0.2) is 22.3 Å². The number of carboxylic acids is 1. The molecule has 0 bridgehead atoms. The Morgan fingerprint density at radius 3 is 2.45 bits per heavy atom. The fourth-order valence-corrected chi connectivity index (χ4v) is 2.26. The number of carbonyl (C=O) groups is 2. The van der Waals surface area contributed by atoms with Crippen LogP contribution in [0.3, 0.4) is 0 Å². The van der Waals surface area contributed by atoms with Gasteiger partial charge in [-0.2, -0.15) is 0 Å². The summed E-state index contributed by atoms with van der Waals surface area (Å²) in [4.78, 5) is 31.7. The molecule has 0 aliphatic rings. The maximum Gasteiger partial charge on any atom is 0.303 e. The molecule has 0 aliphatic heterocycles. The Morgan fingerprint density at radius 2 is 1.91 bits per heavy atom. The highest BCUT2D eigenvalue weighted by atomic mass is 35.5. The number of carboxylic acid groups (broad SMARTS) is 1. The lowest BCUT2D eigenvalue weighted by molar-refractivity contribution is -0.385. The fraction of sp³-hybridized carbons (Fsp3) is 0.467. The van der Waals surface area contributed by atoms with E-state index in [9.17, 15) is 19.7 Å². The van der Waals surface area contributed by atoms with Gasteiger partial charge < -0.3 is 5.11 Å². The molecule has 1 aromatic rings. The van der Waals surface area contributed by atoms with Gasteiger partial charge in [-0.1, -0.05) is 18.9 Å². The number of nitrogens with zero attached hydrogens (tertiary/aromatic N) is 1. The van der Waals surface area contributed by atoms with Crippen molar-refractivity contribution in [1.29, 1.82) is 0 Å². The molecule has 0 amide bonds. The second kappa shape index (κ2) is 9.89. The molecule has 0 atom stereocenters. The van der Waals surface area contributed by atoms with Crippen LogP contribution in [-0.2, 0) is 11.2 Å². The Bertz CT molecular complexity index is 545. The van der Waals surface area contributed by atoms with E-state index < -0.39 is 10.9 Å². The van der Waals surface area contributed by atoms with Crippen LogP contribution in [0.1, 0.15) is 53.6 Å². The fourth-order valence-electron chi connectivity index (χ4n) is 2.26. The number of hydrogen-bond donors (Lipinski definition) is 1. The van der Waals surface area contributed by atoms with E-state index in [1.54, 1.807) is 13.0 Å². The third-order valence-corrected chi connectivity index (χ3v) is 3.35. The molecule has 0 spiro atoms. The third kappa shape index (κ3) is 6.22. The number of rotatable bonds is 9. The molecule has 7 heteroatoms. The predicted molar refractivity (Wildman–Crippen MR) is 84.9 cm³/mol. The SMILES string of the molecule is Cc1cc(CCCCCCC(=O)O)cc([N+](=O)[O-])c1C=O.Cl. The smallest absolute Gasteiger partial charge is 0.303 e. The summed E-state index contributed by atoms with van der Waals surface area (Å²) in [6.07, 6.45) is 4.60. The summed E-state index contributed by atoms with van der Waals surface area (Å²) in [5.41, 5.74) is 1.43. The Hall–Kier alpha value is -1.95. The van der Waals surface area contributed by atoms with Gasteiger partial charge in [-0.05, 0) is 37.3 Å². The summed E-state index contributed by atoms with van der Waals surface area (Å²) in [6, 6.07) is 3.25. The molecule has 0 aromatic heterocycles. The third-order valence-electron chi connectivity index (χ3n) is 3.35. The predicted octanol–water partition coefficient (Wildman–Crippen LogP) is 3.72. The lowest BCUT2D eigenvalue weighted by Crippen LogP contribution is -2.00. The number of carbonyl (C=O) groups excluding carboxylic acids is 1. The quantitative estimate of drug-likeness (QED) is 0.322. The van der Waals surface area contributed by atoms with Crippen LogP contribution in [0, 0.1) is 17.0 Å². The van der Waals surface area contributed by atoms with Crippen LogP contribution in [0.15, 0.2) is 12.1 Å². The first-order valence-electron chi connectivity index (χ1n) is 6.90. The van der Waals surface area contributed by atoms with E-state index in [1.165, 1.54) is 6.07 Å². The number of aldehydes is 1. The highest BCUT2D eigenvalue weighted by Crippen LogP contribution is 2.24. The molecule has 1 rings (SSSR count). The Kier molecular flexibility index (Phi) is 9.01. The maximum atomic E-state index is 11.0. The Morgan fingerprint density at radius 1 is 1.27 bits per heavy atom. The van der Waals surface area contributed by atoms with Crippen molar-refractivity contribution in [3.63, 3.8) is 0 Å². The number of hydrogen-bond acceptors (Lipinski definition) is 4. The van der Waals surface area contributed by atoms with Crippen LogP contribution >= 0.6 is 12.4 Å². The minimum atomic E-state index is -0.786. The van der Waals surface area contributed by atoms with Gasteiger partial charge >= 0.3 is 5.97 Å². The maximum absolute atomic E-state index is 11.0. The van der Waals surface area contributed by atoms with Crippen molar-refractivity contribution in [2.75, 3.05) is 0 Å². The standard InChI is InChI=1S/C15H19NO5.ClH/c1-11-8-12(6-4-2-3-5-7-15(18)19)9-14(16(20)21)13(11)10-17;/h8-10H,2-7H2,1H3,(H,18,19);1H. The van der Waals surface area contributed by atoms with Crippen LogP contribution in [0.5, 0.6) is 0 Å². The van der Waals surface area contributed by atoms with Crippen molar-refractivity contribution in [3.8, 4) is 0 Å². The first kappa shape index (κ1) is 20.1. The summed E-state index contributed by atoms with van der Waals surface area (Å²) < 4.78 is 0. The van der Waals surface area contributed by atoms with Crippen molar-refractivity contribution in [3.05, 3.63) is 38.9 Å². The average molecular weight is 330 g/mol. The normalized spacial score (nSPS) is 9.86. The van der Waals surface area contributed by atoms with Gasteiger partial charge in [0.15, 0.2) is 6.29 Å². The summed E-state index contributed by atoms with van der Waals surface area (Å²) in [5.74, 6) is -0.786. The van der Waals surface area contributed by atoms with Crippen LogP contribution in [0.4, 0.5) is 5.69 Å². The molecular weight excluding hydrogens is 310 g/mol. The molecule has 0 saturated carbocycles. The molecule has 0 heterocycles. The van der Waals surface area contributed by atoms with Crippen LogP contribution in [0.2, 0.25) is 0 Å². The molecule has 122 valence electrons. The summed E-state index contributed by atoms with van der Waals surface area (Å²) >= 11 is 0. The Balaban J connectivity index is 0.00000441. The molecule has 1 aromatic carbocycles. The van der Waals surface area contributed by atoms with Crippen LogP contribution in [0.25, 0.3) is 0 Å². The van der Waals surface area contributed by atoms with Gasteiger partial charge in [-0.25, -0.2) is 0 Å². The first-order valence-corrected chi connectivity index (χ1v) is 6.90. The summed E-state index contributed by atoms with van der Waals surface area (Å²) in [5, 5.41) is 19.5. The highest BCUT2D eigenvalue weighted by Gasteiger charge is 2.16. The van der Waals surface area contributed by atoms with E-state index in [4.69, 9.17) is 5.11 Å². The zero-order valence-electron chi connectivity index (χ0n) is 12.4.